The normalized spacial score (nSPS) is 20.1. The van der Waals surface area contributed by atoms with Crippen LogP contribution in [-0.4, -0.2) is 22.8 Å². The number of aryl methyl sites for hydroxylation is 2. The second-order valence-electron chi connectivity index (χ2n) is 4.83. The predicted octanol–water partition coefficient (Wildman–Crippen LogP) is 2.16. The first-order valence-corrected chi connectivity index (χ1v) is 6.15. The van der Waals surface area contributed by atoms with Crippen molar-refractivity contribution in [2.75, 3.05) is 0 Å². The number of aliphatic imine (C=N–C) groups is 1. The van der Waals surface area contributed by atoms with Gasteiger partial charge in [-0.1, -0.05) is 29.7 Å². The van der Waals surface area contributed by atoms with Gasteiger partial charge in [0, 0.05) is 0 Å². The van der Waals surface area contributed by atoms with Gasteiger partial charge in [0.2, 0.25) is 0 Å². The number of hydrogen-bond donors (Lipinski definition) is 1. The fourth-order valence-electron chi connectivity index (χ4n) is 2.39. The molecule has 1 aliphatic heterocycles. The molecule has 2 rings (SSSR count). The van der Waals surface area contributed by atoms with Gasteiger partial charge in [-0.2, -0.15) is 4.99 Å². The maximum atomic E-state index is 11.9. The van der Waals surface area contributed by atoms with E-state index in [9.17, 15) is 4.79 Å². The van der Waals surface area contributed by atoms with E-state index in [0.717, 1.165) is 16.7 Å². The first-order chi connectivity index (χ1) is 8.95. The molecule has 0 bridgehead atoms. The third-order valence-corrected chi connectivity index (χ3v) is 3.38. The number of hydrogen-bond acceptors (Lipinski definition) is 2. The number of amidine groups is 1. The monoisotopic (exact) mass is 255 g/mol. The number of nitrogens with zero attached hydrogens (tertiary/aromatic N) is 2. The molecule has 0 saturated carbocycles. The molecule has 0 radical (unpaired) electrons. The van der Waals surface area contributed by atoms with E-state index in [4.69, 9.17) is 12.2 Å². The minimum Gasteiger partial charge on any atom is -0.385 e. The lowest BCUT2D eigenvalue weighted by atomic mass is 9.97. The van der Waals surface area contributed by atoms with Crippen molar-refractivity contribution < 1.29 is 4.79 Å². The fraction of sp³-hybridized carbons (Fsp3) is 0.333. The van der Waals surface area contributed by atoms with Gasteiger partial charge >= 0.3 is 6.03 Å². The zero-order valence-electron chi connectivity index (χ0n) is 11.3. The summed E-state index contributed by atoms with van der Waals surface area (Å²) in [5.74, 6) is 2.87. The van der Waals surface area contributed by atoms with Crippen LogP contribution in [-0.2, 0) is 0 Å². The van der Waals surface area contributed by atoms with Crippen molar-refractivity contribution in [2.24, 2.45) is 10.7 Å². The molecule has 1 aromatic rings. The van der Waals surface area contributed by atoms with E-state index in [0.29, 0.717) is 5.84 Å². The molecule has 2 N–H and O–H groups in total. The van der Waals surface area contributed by atoms with E-state index in [1.807, 2.05) is 26.0 Å². The number of carbonyl (C=O) groups excluding carboxylic acids is 1. The minimum absolute atomic E-state index is 0.305. The standard InChI is InChI=1S/C15H17N3O/c1-5-11(4)18-13(14(16)17-15(18)19)12-7-6-9(2)8-10(12)3/h1,6-8,11,13H,2-4H3,(H2,16,17,19). The van der Waals surface area contributed by atoms with Gasteiger partial charge in [-0.15, -0.1) is 6.42 Å². The summed E-state index contributed by atoms with van der Waals surface area (Å²) in [5, 5.41) is 0. The summed E-state index contributed by atoms with van der Waals surface area (Å²) < 4.78 is 0. The van der Waals surface area contributed by atoms with Crippen molar-refractivity contribution in [2.45, 2.75) is 32.9 Å². The van der Waals surface area contributed by atoms with Gasteiger partial charge in [0.15, 0.2) is 0 Å². The van der Waals surface area contributed by atoms with Gasteiger partial charge in [-0.25, -0.2) is 4.79 Å². The summed E-state index contributed by atoms with van der Waals surface area (Å²) in [6.07, 6.45) is 5.43. The number of amides is 2. The summed E-state index contributed by atoms with van der Waals surface area (Å²) in [4.78, 5) is 17.3. The third kappa shape index (κ3) is 2.19. The zero-order valence-corrected chi connectivity index (χ0v) is 11.3. The van der Waals surface area contributed by atoms with Crippen LogP contribution in [0.3, 0.4) is 0 Å². The smallest absolute Gasteiger partial charge is 0.347 e. The highest BCUT2D eigenvalue weighted by atomic mass is 16.2. The molecule has 4 nitrogen and oxygen atoms in total. The van der Waals surface area contributed by atoms with E-state index in [1.165, 1.54) is 0 Å². The highest BCUT2D eigenvalue weighted by Gasteiger charge is 2.37. The second kappa shape index (κ2) is 4.77. The Morgan fingerprint density at radius 2 is 2.16 bits per heavy atom. The lowest BCUT2D eigenvalue weighted by Crippen LogP contribution is -2.39. The molecule has 1 aromatic carbocycles. The number of nitrogens with two attached hydrogens (primary N) is 1. The van der Waals surface area contributed by atoms with Crippen molar-refractivity contribution in [3.8, 4) is 12.3 Å². The van der Waals surface area contributed by atoms with Crippen LogP contribution in [0, 0.1) is 26.2 Å². The van der Waals surface area contributed by atoms with Gasteiger partial charge in [0.05, 0.1) is 6.04 Å². The number of terminal acetylenes is 1. The maximum absolute atomic E-state index is 11.9. The molecule has 0 fully saturated rings. The summed E-state index contributed by atoms with van der Waals surface area (Å²) in [7, 11) is 0. The molecule has 19 heavy (non-hydrogen) atoms. The van der Waals surface area contributed by atoms with Crippen molar-refractivity contribution in [3.63, 3.8) is 0 Å². The van der Waals surface area contributed by atoms with Crippen molar-refractivity contribution in [3.05, 3.63) is 34.9 Å². The largest absolute Gasteiger partial charge is 0.385 e. The number of benzene rings is 1. The zero-order chi connectivity index (χ0) is 14.2. The van der Waals surface area contributed by atoms with Gasteiger partial charge in [-0.3, -0.25) is 4.90 Å². The van der Waals surface area contributed by atoms with Crippen LogP contribution in [0.5, 0.6) is 0 Å². The fourth-order valence-corrected chi connectivity index (χ4v) is 2.39. The first-order valence-electron chi connectivity index (χ1n) is 6.15. The highest BCUT2D eigenvalue weighted by molar-refractivity contribution is 6.03. The molecule has 0 saturated heterocycles. The van der Waals surface area contributed by atoms with Crippen molar-refractivity contribution in [1.29, 1.82) is 0 Å². The van der Waals surface area contributed by atoms with Crippen LogP contribution >= 0.6 is 0 Å². The Labute approximate surface area is 113 Å². The minimum atomic E-state index is -0.368. The highest BCUT2D eigenvalue weighted by Crippen LogP contribution is 2.31. The Hall–Kier alpha value is -2.28. The van der Waals surface area contributed by atoms with E-state index < -0.39 is 0 Å². The second-order valence-corrected chi connectivity index (χ2v) is 4.83. The first kappa shape index (κ1) is 13.2. The van der Waals surface area contributed by atoms with E-state index >= 15 is 0 Å². The van der Waals surface area contributed by atoms with Gasteiger partial charge < -0.3 is 5.73 Å². The third-order valence-electron chi connectivity index (χ3n) is 3.38. The molecule has 0 aliphatic carbocycles. The van der Waals surface area contributed by atoms with Crippen LogP contribution in [0.4, 0.5) is 4.79 Å². The van der Waals surface area contributed by atoms with E-state index in [-0.39, 0.29) is 18.1 Å². The molecular weight excluding hydrogens is 238 g/mol. The molecule has 4 heteroatoms. The van der Waals surface area contributed by atoms with Crippen LogP contribution in [0.2, 0.25) is 0 Å². The molecule has 2 atom stereocenters. The quantitative estimate of drug-likeness (QED) is 0.823. The molecule has 1 aliphatic rings. The molecule has 98 valence electrons. The Balaban J connectivity index is 2.49. The lowest BCUT2D eigenvalue weighted by Gasteiger charge is -2.28. The van der Waals surface area contributed by atoms with Crippen LogP contribution in [0.25, 0.3) is 0 Å². The number of rotatable bonds is 2. The summed E-state index contributed by atoms with van der Waals surface area (Å²) in [5.41, 5.74) is 9.12. The molecule has 1 heterocycles. The van der Waals surface area contributed by atoms with Crippen molar-refractivity contribution >= 4 is 11.9 Å². The number of carbonyl (C=O) groups is 1. The summed E-state index contributed by atoms with van der Waals surface area (Å²) in [6, 6.07) is 4.96. The van der Waals surface area contributed by atoms with Crippen LogP contribution in [0.1, 0.15) is 29.7 Å². The van der Waals surface area contributed by atoms with Crippen LogP contribution < -0.4 is 5.73 Å². The topological polar surface area (TPSA) is 58.7 Å². The van der Waals surface area contributed by atoms with Gasteiger partial charge in [0.25, 0.3) is 0 Å². The van der Waals surface area contributed by atoms with Gasteiger partial charge in [0.1, 0.15) is 11.9 Å². The van der Waals surface area contributed by atoms with E-state index in [1.54, 1.807) is 11.8 Å². The van der Waals surface area contributed by atoms with Crippen molar-refractivity contribution in [1.82, 2.24) is 4.90 Å². The average molecular weight is 255 g/mol. The molecule has 0 aromatic heterocycles. The summed E-state index contributed by atoms with van der Waals surface area (Å²) in [6.45, 7) is 5.82. The van der Waals surface area contributed by atoms with Gasteiger partial charge in [-0.05, 0) is 31.9 Å². The molecule has 2 unspecified atom stereocenters. The van der Waals surface area contributed by atoms with Crippen LogP contribution in [0.15, 0.2) is 23.2 Å². The predicted molar refractivity (Wildman–Crippen MR) is 75.8 cm³/mol. The summed E-state index contributed by atoms with van der Waals surface area (Å²) >= 11 is 0. The number of urea groups is 1. The Kier molecular flexibility index (Phi) is 3.30. The SMILES string of the molecule is C#CC(C)N1C(=O)N=C(N)C1c1ccc(C)cc1C. The lowest BCUT2D eigenvalue weighted by molar-refractivity contribution is 0.199. The van der Waals surface area contributed by atoms with E-state index in [2.05, 4.69) is 17.0 Å². The molecular formula is C15H17N3O. The Morgan fingerprint density at radius 1 is 1.47 bits per heavy atom. The maximum Gasteiger partial charge on any atom is 0.347 e. The molecule has 2 amide bonds. The Morgan fingerprint density at radius 3 is 2.74 bits per heavy atom. The average Bonchev–Trinajstić information content (AvgIpc) is 2.63. The molecule has 0 spiro atoms. The Bertz CT molecular complexity index is 598.